The third-order valence-corrected chi connectivity index (χ3v) is 2.41. The molecular formula is C19H32O8. The topological polar surface area (TPSA) is 97.4 Å². The minimum Gasteiger partial charge on any atom is -0.464 e. The summed E-state index contributed by atoms with van der Waals surface area (Å²) in [6.45, 7) is 15.5. The molecule has 0 aliphatic carbocycles. The summed E-state index contributed by atoms with van der Waals surface area (Å²) in [5.41, 5.74) is 0.985. The largest absolute Gasteiger partial charge is 0.464 e. The van der Waals surface area contributed by atoms with E-state index in [-0.39, 0.29) is 30.9 Å². The number of ketones is 2. The number of Topliss-reactive ketones (excluding diaryl/α,β-unsaturated/α-hetero) is 2. The monoisotopic (exact) mass is 388 g/mol. The Bertz CT molecular complexity index is 423. The molecule has 0 N–H and O–H groups in total. The summed E-state index contributed by atoms with van der Waals surface area (Å²) in [7, 11) is 4.50. The molecule has 0 amide bonds. The zero-order valence-corrected chi connectivity index (χ0v) is 17.2. The summed E-state index contributed by atoms with van der Waals surface area (Å²) < 4.78 is 22.9. The minimum absolute atomic E-state index is 0.00824. The molecule has 0 aromatic heterocycles. The van der Waals surface area contributed by atoms with Crippen molar-refractivity contribution >= 4 is 17.5 Å². The van der Waals surface area contributed by atoms with E-state index in [0.29, 0.717) is 24.2 Å². The number of ether oxygens (including phenoxy) is 5. The second kappa shape index (κ2) is 20.0. The fraction of sp³-hybridized carbons (Fsp3) is 0.526. The van der Waals surface area contributed by atoms with Crippen LogP contribution in [0.1, 0.15) is 27.2 Å². The summed E-state index contributed by atoms with van der Waals surface area (Å²) in [5.74, 6) is -0.377. The Morgan fingerprint density at radius 1 is 0.741 bits per heavy atom. The quantitative estimate of drug-likeness (QED) is 0.231. The van der Waals surface area contributed by atoms with Crippen LogP contribution in [0.4, 0.5) is 0 Å². The number of carbonyl (C=O) groups is 3. The van der Waals surface area contributed by atoms with Crippen LogP contribution in [0.3, 0.4) is 0 Å². The van der Waals surface area contributed by atoms with Crippen LogP contribution in [0.2, 0.25) is 0 Å². The van der Waals surface area contributed by atoms with Gasteiger partial charge in [-0.3, -0.25) is 9.59 Å². The predicted octanol–water partition coefficient (Wildman–Crippen LogP) is 2.59. The standard InChI is InChI=1S/C7H12O2.2C6H10O3/c1-6(2)7(8)4-5-9-3;1-5(7)6(2)9-4-8-3;1-5(2)6(7)9-4-8-3/h1,4-5H2,2-3H3;2,4H2,1,3H3;1,4H2,2-3H3. The molecule has 0 saturated carbocycles. The Morgan fingerprint density at radius 2 is 1.22 bits per heavy atom. The Kier molecular flexibility index (Phi) is 21.9. The van der Waals surface area contributed by atoms with Crippen molar-refractivity contribution in [3.05, 3.63) is 36.6 Å². The summed E-state index contributed by atoms with van der Waals surface area (Å²) in [6, 6.07) is 0. The summed E-state index contributed by atoms with van der Waals surface area (Å²) in [5, 5.41) is 0. The van der Waals surface area contributed by atoms with Crippen molar-refractivity contribution in [2.75, 3.05) is 41.5 Å². The molecule has 8 heteroatoms. The van der Waals surface area contributed by atoms with Gasteiger partial charge >= 0.3 is 5.97 Å². The van der Waals surface area contributed by atoms with Crippen LogP contribution >= 0.6 is 0 Å². The fourth-order valence-corrected chi connectivity index (χ4v) is 0.875. The SMILES string of the molecule is C=C(C)C(=O)CCOC.C=C(C)C(=O)OCOC.C=C(OCOC)C(C)=O. The van der Waals surface area contributed by atoms with Gasteiger partial charge in [-0.15, -0.1) is 0 Å². The third kappa shape index (κ3) is 23.7. The number of allylic oxidation sites excluding steroid dienone is 2. The van der Waals surface area contributed by atoms with E-state index in [0.717, 1.165) is 0 Å². The van der Waals surface area contributed by atoms with E-state index in [1.165, 1.54) is 21.1 Å². The lowest BCUT2D eigenvalue weighted by molar-refractivity contribution is -0.149. The highest BCUT2D eigenvalue weighted by Gasteiger charge is 2.00. The average molecular weight is 388 g/mol. The van der Waals surface area contributed by atoms with Gasteiger partial charge in [0.25, 0.3) is 0 Å². The van der Waals surface area contributed by atoms with Crippen LogP contribution in [0.5, 0.6) is 0 Å². The molecule has 0 aliphatic rings. The first-order chi connectivity index (χ1) is 12.5. The van der Waals surface area contributed by atoms with Gasteiger partial charge in [0.05, 0.1) is 6.61 Å². The van der Waals surface area contributed by atoms with E-state index < -0.39 is 5.97 Å². The number of methoxy groups -OCH3 is 3. The van der Waals surface area contributed by atoms with Crippen molar-refractivity contribution in [2.24, 2.45) is 0 Å². The van der Waals surface area contributed by atoms with Gasteiger partial charge in [-0.1, -0.05) is 19.7 Å². The summed E-state index contributed by atoms with van der Waals surface area (Å²) in [4.78, 5) is 31.6. The first-order valence-electron chi connectivity index (χ1n) is 7.85. The lowest BCUT2D eigenvalue weighted by atomic mass is 10.2. The summed E-state index contributed by atoms with van der Waals surface area (Å²) in [6.07, 6.45) is 0.450. The maximum absolute atomic E-state index is 10.7. The Balaban J connectivity index is -0.000000320. The van der Waals surface area contributed by atoms with Crippen LogP contribution in [-0.4, -0.2) is 59.1 Å². The molecule has 0 aromatic carbocycles. The molecule has 27 heavy (non-hydrogen) atoms. The van der Waals surface area contributed by atoms with Crippen LogP contribution < -0.4 is 0 Å². The maximum atomic E-state index is 10.7. The lowest BCUT2D eigenvalue weighted by Crippen LogP contribution is -2.06. The van der Waals surface area contributed by atoms with Gasteiger partial charge in [0, 0.05) is 40.2 Å². The van der Waals surface area contributed by atoms with Crippen LogP contribution in [-0.2, 0) is 38.1 Å². The van der Waals surface area contributed by atoms with Gasteiger partial charge in [0.15, 0.2) is 30.9 Å². The van der Waals surface area contributed by atoms with E-state index >= 15 is 0 Å². The number of carbonyl (C=O) groups excluding carboxylic acids is 3. The van der Waals surface area contributed by atoms with Gasteiger partial charge in [-0.05, 0) is 19.4 Å². The van der Waals surface area contributed by atoms with E-state index in [9.17, 15) is 14.4 Å². The Hall–Kier alpha value is -2.29. The molecule has 0 unspecified atom stereocenters. The number of hydrogen-bond donors (Lipinski definition) is 0. The van der Waals surface area contributed by atoms with Crippen molar-refractivity contribution < 1.29 is 38.1 Å². The molecule has 0 heterocycles. The molecule has 0 rings (SSSR count). The molecule has 0 aromatic rings. The third-order valence-electron chi connectivity index (χ3n) is 2.41. The molecule has 0 atom stereocenters. The van der Waals surface area contributed by atoms with Crippen molar-refractivity contribution in [1.29, 1.82) is 0 Å². The van der Waals surface area contributed by atoms with Crippen molar-refractivity contribution in [2.45, 2.75) is 27.2 Å². The van der Waals surface area contributed by atoms with Gasteiger partial charge in [0.1, 0.15) is 0 Å². The van der Waals surface area contributed by atoms with E-state index in [1.807, 2.05) is 0 Å². The molecule has 0 saturated heterocycles. The molecule has 0 aliphatic heterocycles. The highest BCUT2D eigenvalue weighted by molar-refractivity contribution is 5.94. The second-order valence-electron chi connectivity index (χ2n) is 5.10. The van der Waals surface area contributed by atoms with Crippen molar-refractivity contribution in [1.82, 2.24) is 0 Å². The zero-order chi connectivity index (χ0) is 21.8. The molecule has 0 radical (unpaired) electrons. The van der Waals surface area contributed by atoms with E-state index in [2.05, 4.69) is 38.7 Å². The van der Waals surface area contributed by atoms with Crippen LogP contribution in [0.15, 0.2) is 36.6 Å². The van der Waals surface area contributed by atoms with E-state index in [1.54, 1.807) is 21.0 Å². The summed E-state index contributed by atoms with van der Waals surface area (Å²) >= 11 is 0. The lowest BCUT2D eigenvalue weighted by Gasteiger charge is -2.02. The smallest absolute Gasteiger partial charge is 0.335 e. The number of rotatable bonds is 11. The van der Waals surface area contributed by atoms with Gasteiger partial charge in [-0.2, -0.15) is 0 Å². The maximum Gasteiger partial charge on any atom is 0.335 e. The zero-order valence-electron chi connectivity index (χ0n) is 17.2. The van der Waals surface area contributed by atoms with Crippen LogP contribution in [0, 0.1) is 0 Å². The fourth-order valence-electron chi connectivity index (χ4n) is 0.875. The molecule has 0 fully saturated rings. The minimum atomic E-state index is -0.420. The van der Waals surface area contributed by atoms with Gasteiger partial charge < -0.3 is 23.7 Å². The Labute approximate surface area is 161 Å². The van der Waals surface area contributed by atoms with Crippen molar-refractivity contribution in [3.8, 4) is 0 Å². The first kappa shape index (κ1) is 29.5. The van der Waals surface area contributed by atoms with E-state index in [4.69, 9.17) is 4.74 Å². The molecule has 8 nitrogen and oxygen atoms in total. The number of esters is 1. The van der Waals surface area contributed by atoms with Gasteiger partial charge in [0.2, 0.25) is 0 Å². The highest BCUT2D eigenvalue weighted by atomic mass is 16.7. The first-order valence-corrected chi connectivity index (χ1v) is 7.85. The second-order valence-corrected chi connectivity index (χ2v) is 5.10. The van der Waals surface area contributed by atoms with Gasteiger partial charge in [-0.25, -0.2) is 4.79 Å². The Morgan fingerprint density at radius 3 is 1.56 bits per heavy atom. The highest BCUT2D eigenvalue weighted by Crippen LogP contribution is 1.94. The average Bonchev–Trinajstić information content (AvgIpc) is 2.62. The van der Waals surface area contributed by atoms with Crippen molar-refractivity contribution in [3.63, 3.8) is 0 Å². The molecule has 0 spiro atoms. The molecule has 156 valence electrons. The predicted molar refractivity (Wildman–Crippen MR) is 102 cm³/mol. The van der Waals surface area contributed by atoms with Crippen LogP contribution in [0.25, 0.3) is 0 Å². The normalized spacial score (nSPS) is 8.81. The molecule has 0 bridgehead atoms. The molecular weight excluding hydrogens is 356 g/mol. The number of hydrogen-bond acceptors (Lipinski definition) is 8.